The van der Waals surface area contributed by atoms with Gasteiger partial charge in [-0.15, -0.1) is 0 Å². The first-order valence-electron chi connectivity index (χ1n) is 6.08. The zero-order chi connectivity index (χ0) is 11.3. The second kappa shape index (κ2) is 5.83. The van der Waals surface area contributed by atoms with Crippen molar-refractivity contribution in [3.8, 4) is 0 Å². The largest absolute Gasteiger partial charge is 0.380 e. The zero-order valence-electron chi connectivity index (χ0n) is 10.4. The van der Waals surface area contributed by atoms with Crippen LogP contribution in [0.25, 0.3) is 0 Å². The van der Waals surface area contributed by atoms with Crippen LogP contribution in [0.4, 0.5) is 0 Å². The summed E-state index contributed by atoms with van der Waals surface area (Å²) in [4.78, 5) is 0. The molecule has 0 spiro atoms. The Labute approximate surface area is 93.8 Å². The Hall–Kier alpha value is -0.120. The third-order valence-corrected chi connectivity index (χ3v) is 3.44. The number of hydrogen-bond acceptors (Lipinski definition) is 3. The SMILES string of the molecule is COC(C)CNCC1(N)CCCC(C)C1. The molecule has 0 aromatic heterocycles. The quantitative estimate of drug-likeness (QED) is 0.729. The van der Waals surface area contributed by atoms with Crippen molar-refractivity contribution in [2.45, 2.75) is 51.2 Å². The Balaban J connectivity index is 2.23. The van der Waals surface area contributed by atoms with Gasteiger partial charge in [-0.05, 0) is 25.7 Å². The molecule has 3 N–H and O–H groups in total. The molecule has 90 valence electrons. The third kappa shape index (κ3) is 4.49. The molecule has 3 heteroatoms. The molecule has 15 heavy (non-hydrogen) atoms. The van der Waals surface area contributed by atoms with E-state index in [4.69, 9.17) is 10.5 Å². The molecule has 0 aromatic carbocycles. The van der Waals surface area contributed by atoms with Crippen LogP contribution in [0.5, 0.6) is 0 Å². The summed E-state index contributed by atoms with van der Waals surface area (Å²) in [5.41, 5.74) is 6.39. The number of hydrogen-bond donors (Lipinski definition) is 2. The number of nitrogens with one attached hydrogen (secondary N) is 1. The van der Waals surface area contributed by atoms with Crippen molar-refractivity contribution in [2.75, 3.05) is 20.2 Å². The van der Waals surface area contributed by atoms with Gasteiger partial charge in [0.1, 0.15) is 0 Å². The predicted molar refractivity (Wildman–Crippen MR) is 63.9 cm³/mol. The van der Waals surface area contributed by atoms with Gasteiger partial charge in [-0.25, -0.2) is 0 Å². The van der Waals surface area contributed by atoms with Crippen LogP contribution in [0.3, 0.4) is 0 Å². The highest BCUT2D eigenvalue weighted by atomic mass is 16.5. The highest BCUT2D eigenvalue weighted by Gasteiger charge is 2.30. The summed E-state index contributed by atoms with van der Waals surface area (Å²) in [5, 5.41) is 3.42. The van der Waals surface area contributed by atoms with Crippen LogP contribution >= 0.6 is 0 Å². The van der Waals surface area contributed by atoms with Gasteiger partial charge in [0.05, 0.1) is 6.10 Å². The Morgan fingerprint density at radius 2 is 2.33 bits per heavy atom. The van der Waals surface area contributed by atoms with Crippen LogP contribution in [0.1, 0.15) is 39.5 Å². The maximum atomic E-state index is 6.37. The predicted octanol–water partition coefficient (Wildman–Crippen LogP) is 1.52. The van der Waals surface area contributed by atoms with Crippen molar-refractivity contribution in [1.29, 1.82) is 0 Å². The van der Waals surface area contributed by atoms with Gasteiger partial charge < -0.3 is 15.8 Å². The van der Waals surface area contributed by atoms with E-state index in [9.17, 15) is 0 Å². The van der Waals surface area contributed by atoms with Crippen molar-refractivity contribution in [3.63, 3.8) is 0 Å². The van der Waals surface area contributed by atoms with E-state index in [-0.39, 0.29) is 11.6 Å². The monoisotopic (exact) mass is 214 g/mol. The highest BCUT2D eigenvalue weighted by Crippen LogP contribution is 2.29. The van der Waals surface area contributed by atoms with Crippen molar-refractivity contribution in [2.24, 2.45) is 11.7 Å². The van der Waals surface area contributed by atoms with Crippen LogP contribution in [0.15, 0.2) is 0 Å². The minimum absolute atomic E-state index is 0.0190. The summed E-state index contributed by atoms with van der Waals surface area (Å²) < 4.78 is 5.19. The lowest BCUT2D eigenvalue weighted by atomic mass is 9.77. The molecular weight excluding hydrogens is 188 g/mol. The molecule has 0 radical (unpaired) electrons. The van der Waals surface area contributed by atoms with Gasteiger partial charge in [-0.2, -0.15) is 0 Å². The second-order valence-corrected chi connectivity index (χ2v) is 5.24. The molecule has 1 saturated carbocycles. The Morgan fingerprint density at radius 3 is 2.93 bits per heavy atom. The molecular formula is C12H26N2O. The minimum atomic E-state index is 0.0190. The molecule has 1 rings (SSSR count). The summed E-state index contributed by atoms with van der Waals surface area (Å²) in [6.07, 6.45) is 5.20. The number of nitrogens with two attached hydrogens (primary N) is 1. The fourth-order valence-electron chi connectivity index (χ4n) is 2.47. The number of rotatable bonds is 5. The van der Waals surface area contributed by atoms with Crippen LogP contribution in [0, 0.1) is 5.92 Å². The first kappa shape index (κ1) is 12.9. The summed E-state index contributed by atoms with van der Waals surface area (Å²) in [5.74, 6) is 0.783. The van der Waals surface area contributed by atoms with Crippen molar-refractivity contribution in [1.82, 2.24) is 5.32 Å². The van der Waals surface area contributed by atoms with E-state index in [0.29, 0.717) is 0 Å². The molecule has 1 fully saturated rings. The number of methoxy groups -OCH3 is 1. The fraction of sp³-hybridized carbons (Fsp3) is 1.00. The fourth-order valence-corrected chi connectivity index (χ4v) is 2.47. The molecule has 0 aliphatic heterocycles. The average molecular weight is 214 g/mol. The molecule has 3 atom stereocenters. The first-order chi connectivity index (χ1) is 7.06. The molecule has 0 aromatic rings. The molecule has 0 heterocycles. The normalized spacial score (nSPS) is 34.0. The molecule has 1 aliphatic rings. The van der Waals surface area contributed by atoms with Crippen LogP contribution < -0.4 is 11.1 Å². The maximum absolute atomic E-state index is 6.37. The summed E-state index contributed by atoms with van der Waals surface area (Å²) in [7, 11) is 1.74. The summed E-state index contributed by atoms with van der Waals surface area (Å²) >= 11 is 0. The van der Waals surface area contributed by atoms with Gasteiger partial charge in [0, 0.05) is 25.7 Å². The van der Waals surface area contributed by atoms with Crippen molar-refractivity contribution < 1.29 is 4.74 Å². The van der Waals surface area contributed by atoms with Crippen LogP contribution in [0.2, 0.25) is 0 Å². The van der Waals surface area contributed by atoms with Gasteiger partial charge >= 0.3 is 0 Å². The molecule has 3 unspecified atom stereocenters. The van der Waals surface area contributed by atoms with E-state index in [1.165, 1.54) is 12.8 Å². The van der Waals surface area contributed by atoms with E-state index in [0.717, 1.165) is 31.8 Å². The van der Waals surface area contributed by atoms with Gasteiger partial charge in [-0.1, -0.05) is 19.8 Å². The van der Waals surface area contributed by atoms with Gasteiger partial charge in [0.25, 0.3) is 0 Å². The lowest BCUT2D eigenvalue weighted by Crippen LogP contribution is -2.52. The molecule has 0 bridgehead atoms. The van der Waals surface area contributed by atoms with Gasteiger partial charge in [-0.3, -0.25) is 0 Å². The lowest BCUT2D eigenvalue weighted by molar-refractivity contribution is 0.113. The maximum Gasteiger partial charge on any atom is 0.0667 e. The Kier molecular flexibility index (Phi) is 5.03. The van der Waals surface area contributed by atoms with E-state index in [1.807, 2.05) is 0 Å². The minimum Gasteiger partial charge on any atom is -0.380 e. The Bertz CT molecular complexity index is 186. The molecule has 0 amide bonds. The molecule has 0 saturated heterocycles. The van der Waals surface area contributed by atoms with E-state index in [1.54, 1.807) is 7.11 Å². The summed E-state index contributed by atoms with van der Waals surface area (Å²) in [6.45, 7) is 6.19. The van der Waals surface area contributed by atoms with Gasteiger partial charge in [0.15, 0.2) is 0 Å². The second-order valence-electron chi connectivity index (χ2n) is 5.24. The third-order valence-electron chi connectivity index (χ3n) is 3.44. The van der Waals surface area contributed by atoms with Crippen LogP contribution in [-0.4, -0.2) is 31.8 Å². The van der Waals surface area contributed by atoms with E-state index >= 15 is 0 Å². The Morgan fingerprint density at radius 1 is 1.60 bits per heavy atom. The zero-order valence-corrected chi connectivity index (χ0v) is 10.4. The lowest BCUT2D eigenvalue weighted by Gasteiger charge is -2.37. The smallest absolute Gasteiger partial charge is 0.0667 e. The number of ether oxygens (including phenoxy) is 1. The van der Waals surface area contributed by atoms with E-state index < -0.39 is 0 Å². The van der Waals surface area contributed by atoms with Crippen molar-refractivity contribution >= 4 is 0 Å². The van der Waals surface area contributed by atoms with E-state index in [2.05, 4.69) is 19.2 Å². The average Bonchev–Trinajstić information content (AvgIpc) is 2.16. The van der Waals surface area contributed by atoms with Crippen LogP contribution in [-0.2, 0) is 4.74 Å². The first-order valence-corrected chi connectivity index (χ1v) is 6.08. The molecule has 1 aliphatic carbocycles. The summed E-state index contributed by atoms with van der Waals surface area (Å²) in [6, 6.07) is 0. The van der Waals surface area contributed by atoms with Crippen molar-refractivity contribution in [3.05, 3.63) is 0 Å². The van der Waals surface area contributed by atoms with Gasteiger partial charge in [0.2, 0.25) is 0 Å². The standard InChI is InChI=1S/C12H26N2O/c1-10-5-4-6-12(13,7-10)9-14-8-11(2)15-3/h10-11,14H,4-9,13H2,1-3H3. The molecule has 3 nitrogen and oxygen atoms in total. The highest BCUT2D eigenvalue weighted by molar-refractivity contribution is 4.91. The topological polar surface area (TPSA) is 47.3 Å².